The molecule has 0 aromatic heterocycles. The summed E-state index contributed by atoms with van der Waals surface area (Å²) in [6, 6.07) is 4.59. The Hall–Kier alpha value is -3.10. The average Bonchev–Trinajstić information content (AvgIpc) is 2.74. The molecule has 1 aromatic carbocycles. The van der Waals surface area contributed by atoms with Gasteiger partial charge in [0.1, 0.15) is 0 Å². The molecule has 19 heavy (non-hydrogen) atoms. The quantitative estimate of drug-likeness (QED) is 0.475. The third-order valence-corrected chi connectivity index (χ3v) is 1.88. The van der Waals surface area contributed by atoms with Crippen LogP contribution in [0.15, 0.2) is 36.4 Å². The summed E-state index contributed by atoms with van der Waals surface area (Å²) < 4.78 is 0. The maximum absolute atomic E-state index is 10.2. The Kier molecular flexibility index (Phi) is 4.41. The second kappa shape index (κ2) is 6.00. The van der Waals surface area contributed by atoms with E-state index < -0.39 is 9.85 Å². The third-order valence-electron chi connectivity index (χ3n) is 1.88. The predicted octanol–water partition coefficient (Wildman–Crippen LogP) is 0.702. The molecule has 0 spiro atoms. The fraction of sp³-hybridized carbons (Fsp3) is 0. The van der Waals surface area contributed by atoms with Crippen LogP contribution >= 0.6 is 0 Å². The summed E-state index contributed by atoms with van der Waals surface area (Å²) in [6.07, 6.45) is 2.39. The number of non-ortho nitro benzene ring substituents is 2. The molecular formula is C10H7N3O6. The Morgan fingerprint density at radius 2 is 1.32 bits per heavy atom. The Bertz CT molecular complexity index is 535. The molecule has 0 unspecified atom stereocenters. The fourth-order valence-corrected chi connectivity index (χ4v) is 1.08. The zero-order chi connectivity index (χ0) is 14.4. The van der Waals surface area contributed by atoms with Crippen molar-refractivity contribution in [2.24, 2.45) is 0 Å². The number of amides is 2. The number of rotatable bonds is 2. The number of carbonyl (C=O) groups is 2. The molecule has 1 N–H and O–H groups in total. The van der Waals surface area contributed by atoms with Crippen molar-refractivity contribution in [2.45, 2.75) is 0 Å². The smallest absolute Gasteiger partial charge is 0.276 e. The van der Waals surface area contributed by atoms with Crippen molar-refractivity contribution in [1.29, 1.82) is 0 Å². The highest BCUT2D eigenvalue weighted by molar-refractivity contribution is 6.12. The standard InChI is InChI=1S/C6H4N2O4.C4H3NO2/c9-7(10)5-2-1-3-6(4-5)8(11)12;6-3-1-2-4(7)5-3/h1-4H;1-2H,(H,5,6,7). The maximum atomic E-state index is 10.2. The fourth-order valence-electron chi connectivity index (χ4n) is 1.08. The number of nitrogens with one attached hydrogen (secondary N) is 1. The molecule has 0 aliphatic carbocycles. The van der Waals surface area contributed by atoms with Crippen LogP contribution in [0.3, 0.4) is 0 Å². The molecule has 9 heteroatoms. The first-order valence-corrected chi connectivity index (χ1v) is 4.82. The van der Waals surface area contributed by atoms with Crippen molar-refractivity contribution in [3.05, 3.63) is 56.6 Å². The Morgan fingerprint density at radius 1 is 0.895 bits per heavy atom. The second-order valence-corrected chi connectivity index (χ2v) is 3.22. The molecule has 1 aromatic rings. The summed E-state index contributed by atoms with van der Waals surface area (Å²) in [5, 5.41) is 22.3. The van der Waals surface area contributed by atoms with Crippen LogP contribution in [0.4, 0.5) is 11.4 Å². The van der Waals surface area contributed by atoms with Gasteiger partial charge < -0.3 is 0 Å². The van der Waals surface area contributed by atoms with Gasteiger partial charge in [-0.3, -0.25) is 35.1 Å². The minimum absolute atomic E-state index is 0.274. The lowest BCUT2D eigenvalue weighted by Crippen LogP contribution is -2.19. The largest absolute Gasteiger partial charge is 0.289 e. The SMILES string of the molecule is O=C1C=CC(=O)N1.O=[N+]([O-])c1cccc([N+](=O)[O-])c1. The van der Waals surface area contributed by atoms with Crippen LogP contribution in [-0.4, -0.2) is 21.7 Å². The van der Waals surface area contributed by atoms with Crippen LogP contribution in [0, 0.1) is 20.2 Å². The van der Waals surface area contributed by atoms with Crippen LogP contribution < -0.4 is 5.32 Å². The average molecular weight is 265 g/mol. The number of hydrogen-bond acceptors (Lipinski definition) is 6. The van der Waals surface area contributed by atoms with Gasteiger partial charge in [0, 0.05) is 24.3 Å². The lowest BCUT2D eigenvalue weighted by molar-refractivity contribution is -0.394. The number of carbonyl (C=O) groups excluding carboxylic acids is 2. The van der Waals surface area contributed by atoms with Gasteiger partial charge in [-0.2, -0.15) is 0 Å². The topological polar surface area (TPSA) is 132 Å². The summed E-state index contributed by atoms with van der Waals surface area (Å²) in [7, 11) is 0. The molecule has 2 amide bonds. The zero-order valence-corrected chi connectivity index (χ0v) is 9.31. The number of imide groups is 1. The first-order valence-electron chi connectivity index (χ1n) is 4.82. The van der Waals surface area contributed by atoms with Gasteiger partial charge in [0.25, 0.3) is 23.2 Å². The summed E-state index contributed by atoms with van der Waals surface area (Å²) in [5.74, 6) is -0.657. The summed E-state index contributed by atoms with van der Waals surface area (Å²) >= 11 is 0. The molecule has 0 radical (unpaired) electrons. The van der Waals surface area contributed by atoms with Crippen molar-refractivity contribution in [3.8, 4) is 0 Å². The summed E-state index contributed by atoms with van der Waals surface area (Å²) in [5.41, 5.74) is -0.548. The normalized spacial score (nSPS) is 12.4. The molecule has 0 fully saturated rings. The van der Waals surface area contributed by atoms with Crippen LogP contribution in [0.1, 0.15) is 0 Å². The van der Waals surface area contributed by atoms with Crippen molar-refractivity contribution in [3.63, 3.8) is 0 Å². The van der Waals surface area contributed by atoms with E-state index in [0.717, 1.165) is 6.07 Å². The van der Waals surface area contributed by atoms with Crippen molar-refractivity contribution in [1.82, 2.24) is 5.32 Å². The Labute approximate surface area is 105 Å². The molecule has 0 saturated heterocycles. The minimum atomic E-state index is -0.674. The number of nitro benzene ring substituents is 2. The van der Waals surface area contributed by atoms with Crippen molar-refractivity contribution < 1.29 is 19.4 Å². The highest BCUT2D eigenvalue weighted by Crippen LogP contribution is 2.18. The monoisotopic (exact) mass is 265 g/mol. The van der Waals surface area contributed by atoms with Crippen LogP contribution in [0.25, 0.3) is 0 Å². The number of nitro groups is 2. The zero-order valence-electron chi connectivity index (χ0n) is 9.31. The molecule has 2 rings (SSSR count). The third kappa shape index (κ3) is 4.34. The highest BCUT2D eigenvalue weighted by Gasteiger charge is 2.11. The van der Waals surface area contributed by atoms with Gasteiger partial charge in [-0.25, -0.2) is 0 Å². The molecule has 9 nitrogen and oxygen atoms in total. The van der Waals surface area contributed by atoms with E-state index in [9.17, 15) is 29.8 Å². The van der Waals surface area contributed by atoms with E-state index in [0.29, 0.717) is 0 Å². The summed E-state index contributed by atoms with van der Waals surface area (Å²) in [4.78, 5) is 39.0. The van der Waals surface area contributed by atoms with Crippen LogP contribution in [0.2, 0.25) is 0 Å². The van der Waals surface area contributed by atoms with Gasteiger partial charge in [-0.05, 0) is 6.07 Å². The van der Waals surface area contributed by atoms with E-state index in [1.54, 1.807) is 0 Å². The molecular weight excluding hydrogens is 258 g/mol. The van der Waals surface area contributed by atoms with Gasteiger partial charge >= 0.3 is 0 Å². The first kappa shape index (κ1) is 14.0. The number of benzene rings is 1. The molecule has 0 saturated carbocycles. The molecule has 0 bridgehead atoms. The molecule has 1 aliphatic heterocycles. The van der Waals surface area contributed by atoms with E-state index in [1.165, 1.54) is 30.4 Å². The van der Waals surface area contributed by atoms with Gasteiger partial charge in [0.15, 0.2) is 0 Å². The van der Waals surface area contributed by atoms with Gasteiger partial charge in [-0.15, -0.1) is 0 Å². The summed E-state index contributed by atoms with van der Waals surface area (Å²) in [6.45, 7) is 0. The Balaban J connectivity index is 0.000000218. The van der Waals surface area contributed by atoms with Crippen LogP contribution in [0.5, 0.6) is 0 Å². The van der Waals surface area contributed by atoms with Crippen LogP contribution in [-0.2, 0) is 9.59 Å². The number of hydrogen-bond donors (Lipinski definition) is 1. The molecule has 0 atom stereocenters. The van der Waals surface area contributed by atoms with Crippen molar-refractivity contribution >= 4 is 23.2 Å². The van der Waals surface area contributed by atoms with E-state index in [-0.39, 0.29) is 23.2 Å². The number of nitrogens with zero attached hydrogens (tertiary/aromatic N) is 2. The Morgan fingerprint density at radius 3 is 1.58 bits per heavy atom. The van der Waals surface area contributed by atoms with Gasteiger partial charge in [0.2, 0.25) is 0 Å². The lowest BCUT2D eigenvalue weighted by atomic mass is 10.3. The lowest BCUT2D eigenvalue weighted by Gasteiger charge is -1.90. The molecule has 1 heterocycles. The van der Waals surface area contributed by atoms with Gasteiger partial charge in [0.05, 0.1) is 15.9 Å². The van der Waals surface area contributed by atoms with E-state index in [1.807, 2.05) is 5.32 Å². The minimum Gasteiger partial charge on any atom is -0.289 e. The van der Waals surface area contributed by atoms with Gasteiger partial charge in [-0.1, -0.05) is 0 Å². The second-order valence-electron chi connectivity index (χ2n) is 3.22. The van der Waals surface area contributed by atoms with E-state index in [2.05, 4.69) is 0 Å². The molecule has 1 aliphatic rings. The predicted molar refractivity (Wildman–Crippen MR) is 62.0 cm³/mol. The highest BCUT2D eigenvalue weighted by atomic mass is 16.6. The maximum Gasteiger partial charge on any atom is 0.276 e. The molecule has 98 valence electrons. The van der Waals surface area contributed by atoms with Crippen molar-refractivity contribution in [2.75, 3.05) is 0 Å². The van der Waals surface area contributed by atoms with E-state index in [4.69, 9.17) is 0 Å². The van der Waals surface area contributed by atoms with E-state index >= 15 is 0 Å². The first-order chi connectivity index (χ1) is 8.90.